The van der Waals surface area contributed by atoms with Crippen LogP contribution in [0.5, 0.6) is 0 Å². The van der Waals surface area contributed by atoms with E-state index in [0.29, 0.717) is 19.4 Å². The Labute approximate surface area is 107 Å². The molecule has 0 heterocycles. The summed E-state index contributed by atoms with van der Waals surface area (Å²) < 4.78 is 5.01. The normalized spacial score (nSPS) is 16.3. The van der Waals surface area contributed by atoms with Crippen LogP contribution in [0.4, 0.5) is 0 Å². The minimum atomic E-state index is -0.856. The first-order valence-electron chi connectivity index (χ1n) is 6.26. The molecule has 18 heavy (non-hydrogen) atoms. The van der Waals surface area contributed by atoms with E-state index in [1.165, 1.54) is 11.1 Å². The van der Waals surface area contributed by atoms with Gasteiger partial charge < -0.3 is 15.2 Å². The van der Waals surface area contributed by atoms with Crippen LogP contribution in [0.15, 0.2) is 24.3 Å². The molecule has 0 unspecified atom stereocenters. The quantitative estimate of drug-likeness (QED) is 0.806. The molecule has 0 aliphatic heterocycles. The summed E-state index contributed by atoms with van der Waals surface area (Å²) in [6.45, 7) is 2.69. The van der Waals surface area contributed by atoms with Gasteiger partial charge in [-0.1, -0.05) is 24.3 Å². The lowest BCUT2D eigenvalue weighted by Crippen LogP contribution is -2.44. The number of carbonyl (C=O) groups excluding carboxylic acids is 1. The summed E-state index contributed by atoms with van der Waals surface area (Å²) in [5, 5.41) is 13.2. The van der Waals surface area contributed by atoms with E-state index < -0.39 is 5.60 Å². The summed E-state index contributed by atoms with van der Waals surface area (Å²) in [6, 6.07) is 7.99. The van der Waals surface area contributed by atoms with Crippen molar-refractivity contribution < 1.29 is 14.6 Å². The molecule has 0 aromatic heterocycles. The Balaban J connectivity index is 1.86. The summed E-state index contributed by atoms with van der Waals surface area (Å²) in [7, 11) is 0. The van der Waals surface area contributed by atoms with Crippen molar-refractivity contribution >= 4 is 5.91 Å². The SMILES string of the molecule is CCOCC(=O)NCC1(O)Cc2ccccc2C1. The van der Waals surface area contributed by atoms with E-state index in [-0.39, 0.29) is 19.1 Å². The molecule has 4 heteroatoms. The van der Waals surface area contributed by atoms with Gasteiger partial charge in [0, 0.05) is 26.0 Å². The molecule has 0 spiro atoms. The van der Waals surface area contributed by atoms with Crippen molar-refractivity contribution in [2.24, 2.45) is 0 Å². The molecule has 1 amide bonds. The van der Waals surface area contributed by atoms with E-state index >= 15 is 0 Å². The molecule has 0 radical (unpaired) electrons. The van der Waals surface area contributed by atoms with Crippen LogP contribution in [0.3, 0.4) is 0 Å². The molecule has 1 aromatic rings. The van der Waals surface area contributed by atoms with Gasteiger partial charge in [0.15, 0.2) is 0 Å². The average molecular weight is 249 g/mol. The molecule has 1 aliphatic carbocycles. The van der Waals surface area contributed by atoms with Crippen molar-refractivity contribution in [1.82, 2.24) is 5.32 Å². The van der Waals surface area contributed by atoms with Crippen molar-refractivity contribution in [3.63, 3.8) is 0 Å². The van der Waals surface area contributed by atoms with Gasteiger partial charge in [0.25, 0.3) is 0 Å². The molecule has 98 valence electrons. The molecule has 0 fully saturated rings. The summed E-state index contributed by atoms with van der Waals surface area (Å²) in [4.78, 5) is 11.4. The fourth-order valence-electron chi connectivity index (χ4n) is 2.31. The van der Waals surface area contributed by atoms with Gasteiger partial charge in [0.1, 0.15) is 6.61 Å². The monoisotopic (exact) mass is 249 g/mol. The average Bonchev–Trinajstić information content (AvgIpc) is 2.70. The first-order valence-corrected chi connectivity index (χ1v) is 6.26. The highest BCUT2D eigenvalue weighted by Gasteiger charge is 2.35. The third-order valence-corrected chi connectivity index (χ3v) is 3.21. The minimum Gasteiger partial charge on any atom is -0.387 e. The van der Waals surface area contributed by atoms with Gasteiger partial charge in [0.05, 0.1) is 5.60 Å². The number of amides is 1. The van der Waals surface area contributed by atoms with Crippen LogP contribution in [0.1, 0.15) is 18.1 Å². The Morgan fingerprint density at radius 1 is 1.39 bits per heavy atom. The Hall–Kier alpha value is -1.39. The van der Waals surface area contributed by atoms with E-state index in [9.17, 15) is 9.90 Å². The van der Waals surface area contributed by atoms with Gasteiger partial charge in [-0.2, -0.15) is 0 Å². The largest absolute Gasteiger partial charge is 0.387 e. The zero-order valence-corrected chi connectivity index (χ0v) is 10.6. The Kier molecular flexibility index (Phi) is 3.99. The molecule has 2 N–H and O–H groups in total. The number of hydrogen-bond acceptors (Lipinski definition) is 3. The summed E-state index contributed by atoms with van der Waals surface area (Å²) in [6.07, 6.45) is 1.19. The standard InChI is InChI=1S/C14H19NO3/c1-2-18-9-13(16)15-10-14(17)7-11-5-3-4-6-12(11)8-14/h3-6,17H,2,7-10H2,1H3,(H,15,16). The first-order chi connectivity index (χ1) is 8.63. The van der Waals surface area contributed by atoms with Crippen LogP contribution in [-0.4, -0.2) is 36.4 Å². The molecule has 0 atom stereocenters. The number of carbonyl (C=O) groups is 1. The van der Waals surface area contributed by atoms with Gasteiger partial charge in [-0.15, -0.1) is 0 Å². The van der Waals surface area contributed by atoms with Gasteiger partial charge >= 0.3 is 0 Å². The Morgan fingerprint density at radius 2 is 2.00 bits per heavy atom. The van der Waals surface area contributed by atoms with Crippen LogP contribution >= 0.6 is 0 Å². The lowest BCUT2D eigenvalue weighted by molar-refractivity contribution is -0.126. The molecule has 2 rings (SSSR count). The number of benzene rings is 1. The summed E-state index contributed by atoms with van der Waals surface area (Å²) >= 11 is 0. The number of fused-ring (bicyclic) bond motifs is 1. The predicted octanol–water partition coefficient (Wildman–Crippen LogP) is 0.669. The van der Waals surface area contributed by atoms with Crippen molar-refractivity contribution in [2.75, 3.05) is 19.8 Å². The van der Waals surface area contributed by atoms with E-state index in [2.05, 4.69) is 5.32 Å². The molecule has 0 saturated heterocycles. The Morgan fingerprint density at radius 3 is 2.56 bits per heavy atom. The van der Waals surface area contributed by atoms with E-state index in [1.807, 2.05) is 31.2 Å². The summed E-state index contributed by atoms with van der Waals surface area (Å²) in [5.74, 6) is -0.179. The van der Waals surface area contributed by atoms with E-state index in [1.54, 1.807) is 0 Å². The molecule has 1 aliphatic rings. The second kappa shape index (κ2) is 5.50. The maximum Gasteiger partial charge on any atom is 0.246 e. The number of aliphatic hydroxyl groups is 1. The number of ether oxygens (including phenoxy) is 1. The number of rotatable bonds is 5. The minimum absolute atomic E-state index is 0.0551. The van der Waals surface area contributed by atoms with Crippen molar-refractivity contribution in [3.8, 4) is 0 Å². The van der Waals surface area contributed by atoms with Crippen LogP contribution < -0.4 is 5.32 Å². The molecule has 4 nitrogen and oxygen atoms in total. The Bertz CT molecular complexity index is 406. The molecule has 1 aromatic carbocycles. The lowest BCUT2D eigenvalue weighted by Gasteiger charge is -2.22. The molecule has 0 bridgehead atoms. The van der Waals surface area contributed by atoms with Gasteiger partial charge in [-0.25, -0.2) is 0 Å². The second-order valence-corrected chi connectivity index (χ2v) is 4.76. The number of hydrogen-bond donors (Lipinski definition) is 2. The topological polar surface area (TPSA) is 58.6 Å². The molecular formula is C14H19NO3. The highest BCUT2D eigenvalue weighted by molar-refractivity contribution is 5.77. The zero-order valence-electron chi connectivity index (χ0n) is 10.6. The highest BCUT2D eigenvalue weighted by Crippen LogP contribution is 2.29. The van der Waals surface area contributed by atoms with Crippen LogP contribution in [0.2, 0.25) is 0 Å². The first kappa shape index (κ1) is 13.1. The van der Waals surface area contributed by atoms with Crippen LogP contribution in [-0.2, 0) is 22.4 Å². The zero-order chi connectivity index (χ0) is 13.0. The van der Waals surface area contributed by atoms with E-state index in [0.717, 1.165) is 0 Å². The fraction of sp³-hybridized carbons (Fsp3) is 0.500. The predicted molar refractivity (Wildman–Crippen MR) is 68.3 cm³/mol. The van der Waals surface area contributed by atoms with Crippen molar-refractivity contribution in [2.45, 2.75) is 25.4 Å². The van der Waals surface area contributed by atoms with Crippen molar-refractivity contribution in [1.29, 1.82) is 0 Å². The third kappa shape index (κ3) is 3.09. The van der Waals surface area contributed by atoms with Gasteiger partial charge in [0.2, 0.25) is 5.91 Å². The summed E-state index contributed by atoms with van der Waals surface area (Å²) in [5.41, 5.74) is 1.48. The van der Waals surface area contributed by atoms with E-state index in [4.69, 9.17) is 4.74 Å². The smallest absolute Gasteiger partial charge is 0.246 e. The number of nitrogens with one attached hydrogen (secondary N) is 1. The van der Waals surface area contributed by atoms with Crippen LogP contribution in [0, 0.1) is 0 Å². The molecular weight excluding hydrogens is 230 g/mol. The fourth-order valence-corrected chi connectivity index (χ4v) is 2.31. The maximum absolute atomic E-state index is 11.4. The van der Waals surface area contributed by atoms with Gasteiger partial charge in [-0.05, 0) is 18.1 Å². The second-order valence-electron chi connectivity index (χ2n) is 4.76. The highest BCUT2D eigenvalue weighted by atomic mass is 16.5. The maximum atomic E-state index is 11.4. The third-order valence-electron chi connectivity index (χ3n) is 3.21. The lowest BCUT2D eigenvalue weighted by atomic mass is 10.0. The van der Waals surface area contributed by atoms with Crippen LogP contribution in [0.25, 0.3) is 0 Å². The molecule has 0 saturated carbocycles. The van der Waals surface area contributed by atoms with Crippen molar-refractivity contribution in [3.05, 3.63) is 35.4 Å². The van der Waals surface area contributed by atoms with Gasteiger partial charge in [-0.3, -0.25) is 4.79 Å².